The molecule has 9 heavy (non-hydrogen) atoms. The lowest BCUT2D eigenvalue weighted by atomic mass is 10.4. The van der Waals surface area contributed by atoms with Crippen molar-refractivity contribution in [3.05, 3.63) is 23.0 Å². The number of aryl methyl sites for hydroxylation is 1. The van der Waals surface area contributed by atoms with E-state index in [1.807, 2.05) is 6.92 Å². The molecule has 0 saturated heterocycles. The number of thiol groups is 1. The largest absolute Gasteiger partial charge is 0.259 e. The molecule has 0 unspecified atom stereocenters. The summed E-state index contributed by atoms with van der Waals surface area (Å²) in [6, 6.07) is 1.77. The first kappa shape index (κ1) is 6.90. The molecular formula is C6H6ClNS. The van der Waals surface area contributed by atoms with Gasteiger partial charge >= 0.3 is 0 Å². The zero-order chi connectivity index (χ0) is 6.85. The number of aromatic nitrogens is 1. The molecule has 1 aromatic rings. The van der Waals surface area contributed by atoms with Crippen LogP contribution in [-0.4, -0.2) is 4.98 Å². The number of hydrogen-bond donors (Lipinski definition) is 1. The Morgan fingerprint density at radius 3 is 2.78 bits per heavy atom. The van der Waals surface area contributed by atoms with Crippen LogP contribution < -0.4 is 0 Å². The standard InChI is InChI=1S/C6H6ClNS/c1-4-6(7)2-5(9)3-8-4/h2-3,9H,1H3. The summed E-state index contributed by atoms with van der Waals surface area (Å²) in [6.07, 6.45) is 1.67. The van der Waals surface area contributed by atoms with Crippen LogP contribution in [0.2, 0.25) is 5.02 Å². The summed E-state index contributed by atoms with van der Waals surface area (Å²) in [5.74, 6) is 0. The van der Waals surface area contributed by atoms with Gasteiger partial charge in [0.05, 0.1) is 10.7 Å². The zero-order valence-electron chi connectivity index (χ0n) is 4.93. The van der Waals surface area contributed by atoms with Crippen molar-refractivity contribution >= 4 is 24.2 Å². The van der Waals surface area contributed by atoms with E-state index in [0.717, 1.165) is 10.6 Å². The molecule has 0 spiro atoms. The molecule has 1 rings (SSSR count). The Morgan fingerprint density at radius 2 is 2.33 bits per heavy atom. The first-order valence-corrected chi connectivity index (χ1v) is 3.34. The van der Waals surface area contributed by atoms with E-state index in [1.165, 1.54) is 0 Å². The Morgan fingerprint density at radius 1 is 1.67 bits per heavy atom. The van der Waals surface area contributed by atoms with E-state index in [4.69, 9.17) is 11.6 Å². The van der Waals surface area contributed by atoms with Crippen molar-refractivity contribution in [1.82, 2.24) is 4.98 Å². The Labute approximate surface area is 64.5 Å². The lowest BCUT2D eigenvalue weighted by Crippen LogP contribution is -1.80. The molecule has 3 heteroatoms. The minimum atomic E-state index is 0.669. The topological polar surface area (TPSA) is 12.9 Å². The summed E-state index contributed by atoms with van der Waals surface area (Å²) in [7, 11) is 0. The van der Waals surface area contributed by atoms with Gasteiger partial charge in [-0.3, -0.25) is 4.98 Å². The van der Waals surface area contributed by atoms with E-state index in [2.05, 4.69) is 17.6 Å². The molecule has 0 aliphatic rings. The second kappa shape index (κ2) is 2.58. The minimum Gasteiger partial charge on any atom is -0.259 e. The second-order valence-corrected chi connectivity index (χ2v) is 2.68. The third-order valence-electron chi connectivity index (χ3n) is 1.01. The highest BCUT2D eigenvalue weighted by Crippen LogP contribution is 2.15. The first-order valence-electron chi connectivity index (χ1n) is 2.51. The third kappa shape index (κ3) is 1.60. The maximum atomic E-state index is 5.70. The van der Waals surface area contributed by atoms with Crippen molar-refractivity contribution in [3.63, 3.8) is 0 Å². The summed E-state index contributed by atoms with van der Waals surface area (Å²) in [5, 5.41) is 0.669. The summed E-state index contributed by atoms with van der Waals surface area (Å²) in [4.78, 5) is 4.77. The average molecular weight is 160 g/mol. The van der Waals surface area contributed by atoms with Crippen molar-refractivity contribution in [2.45, 2.75) is 11.8 Å². The minimum absolute atomic E-state index is 0.669. The molecule has 1 aromatic heterocycles. The van der Waals surface area contributed by atoms with Crippen molar-refractivity contribution in [2.75, 3.05) is 0 Å². The Hall–Kier alpha value is -0.210. The van der Waals surface area contributed by atoms with Gasteiger partial charge in [-0.25, -0.2) is 0 Å². The molecule has 0 bridgehead atoms. The van der Waals surface area contributed by atoms with Gasteiger partial charge in [0.2, 0.25) is 0 Å². The zero-order valence-corrected chi connectivity index (χ0v) is 6.58. The maximum absolute atomic E-state index is 5.70. The van der Waals surface area contributed by atoms with Crippen molar-refractivity contribution in [3.8, 4) is 0 Å². The summed E-state index contributed by atoms with van der Waals surface area (Å²) < 4.78 is 0. The number of halogens is 1. The van der Waals surface area contributed by atoms with Crippen LogP contribution in [-0.2, 0) is 0 Å². The normalized spacial score (nSPS) is 9.67. The smallest absolute Gasteiger partial charge is 0.0629 e. The van der Waals surface area contributed by atoms with Crippen molar-refractivity contribution in [1.29, 1.82) is 0 Å². The van der Waals surface area contributed by atoms with Gasteiger partial charge in [-0.1, -0.05) is 11.6 Å². The Bertz CT molecular complexity index is 224. The fraction of sp³-hybridized carbons (Fsp3) is 0.167. The number of nitrogens with zero attached hydrogens (tertiary/aromatic N) is 1. The predicted octanol–water partition coefficient (Wildman–Crippen LogP) is 2.33. The summed E-state index contributed by atoms with van der Waals surface area (Å²) in [6.45, 7) is 1.86. The Kier molecular flexibility index (Phi) is 1.98. The molecule has 0 saturated carbocycles. The van der Waals surface area contributed by atoms with Gasteiger partial charge in [-0.15, -0.1) is 12.6 Å². The van der Waals surface area contributed by atoms with Gasteiger partial charge in [0.1, 0.15) is 0 Å². The van der Waals surface area contributed by atoms with Gasteiger partial charge in [-0.05, 0) is 13.0 Å². The van der Waals surface area contributed by atoms with Crippen LogP contribution in [0.3, 0.4) is 0 Å². The molecule has 0 fully saturated rings. The van der Waals surface area contributed by atoms with Crippen LogP contribution in [0.15, 0.2) is 17.2 Å². The van der Waals surface area contributed by atoms with E-state index in [-0.39, 0.29) is 0 Å². The van der Waals surface area contributed by atoms with Crippen LogP contribution in [0.4, 0.5) is 0 Å². The molecule has 0 aliphatic carbocycles. The third-order valence-corrected chi connectivity index (χ3v) is 1.64. The summed E-state index contributed by atoms with van der Waals surface area (Å²) >= 11 is 9.76. The van der Waals surface area contributed by atoms with Gasteiger partial charge < -0.3 is 0 Å². The molecular weight excluding hydrogens is 154 g/mol. The lowest BCUT2D eigenvalue weighted by molar-refractivity contribution is 1.15. The molecule has 1 heterocycles. The fourth-order valence-electron chi connectivity index (χ4n) is 0.496. The van der Waals surface area contributed by atoms with Crippen LogP contribution in [0.25, 0.3) is 0 Å². The molecule has 0 amide bonds. The van der Waals surface area contributed by atoms with Crippen LogP contribution in [0.1, 0.15) is 5.69 Å². The van der Waals surface area contributed by atoms with Crippen molar-refractivity contribution < 1.29 is 0 Å². The summed E-state index contributed by atoms with van der Waals surface area (Å²) in [5.41, 5.74) is 0.842. The van der Waals surface area contributed by atoms with Crippen LogP contribution in [0.5, 0.6) is 0 Å². The van der Waals surface area contributed by atoms with Crippen LogP contribution in [0, 0.1) is 6.92 Å². The predicted molar refractivity (Wildman–Crippen MR) is 41.2 cm³/mol. The number of pyridine rings is 1. The second-order valence-electron chi connectivity index (χ2n) is 1.76. The monoisotopic (exact) mass is 159 g/mol. The Balaban J connectivity index is 3.17. The van der Waals surface area contributed by atoms with E-state index in [1.54, 1.807) is 12.3 Å². The average Bonchev–Trinajstić information content (AvgIpc) is 1.80. The molecule has 0 aromatic carbocycles. The van der Waals surface area contributed by atoms with Crippen LogP contribution >= 0.6 is 24.2 Å². The highest BCUT2D eigenvalue weighted by atomic mass is 35.5. The van der Waals surface area contributed by atoms with E-state index >= 15 is 0 Å². The SMILES string of the molecule is Cc1ncc(S)cc1Cl. The van der Waals surface area contributed by atoms with Gasteiger partial charge in [0, 0.05) is 11.1 Å². The first-order chi connectivity index (χ1) is 4.20. The number of rotatable bonds is 0. The molecule has 0 atom stereocenters. The van der Waals surface area contributed by atoms with Gasteiger partial charge in [0.25, 0.3) is 0 Å². The molecule has 1 nitrogen and oxygen atoms in total. The fourth-order valence-corrected chi connectivity index (χ4v) is 0.925. The highest BCUT2D eigenvalue weighted by molar-refractivity contribution is 7.80. The molecule has 48 valence electrons. The van der Waals surface area contributed by atoms with E-state index in [0.29, 0.717) is 5.02 Å². The molecule has 0 radical (unpaired) electrons. The number of hydrogen-bond acceptors (Lipinski definition) is 2. The lowest BCUT2D eigenvalue weighted by Gasteiger charge is -1.94. The maximum Gasteiger partial charge on any atom is 0.0629 e. The van der Waals surface area contributed by atoms with Gasteiger partial charge in [-0.2, -0.15) is 0 Å². The quantitative estimate of drug-likeness (QED) is 0.574. The highest BCUT2D eigenvalue weighted by Gasteiger charge is 1.93. The van der Waals surface area contributed by atoms with E-state index in [9.17, 15) is 0 Å². The molecule has 0 N–H and O–H groups in total. The molecule has 0 aliphatic heterocycles. The van der Waals surface area contributed by atoms with Gasteiger partial charge in [0.15, 0.2) is 0 Å². The van der Waals surface area contributed by atoms with E-state index < -0.39 is 0 Å². The van der Waals surface area contributed by atoms with Crippen molar-refractivity contribution in [2.24, 2.45) is 0 Å².